The van der Waals surface area contributed by atoms with Gasteiger partial charge in [-0.05, 0) is 24.3 Å². The summed E-state index contributed by atoms with van der Waals surface area (Å²) in [5, 5.41) is 0. The van der Waals surface area contributed by atoms with E-state index < -0.39 is 9.84 Å². The molecular weight excluding hydrogens is 288 g/mol. The first-order valence-electron chi connectivity index (χ1n) is 6.72. The molecule has 0 radical (unpaired) electrons. The molecule has 0 bridgehead atoms. The number of sulfone groups is 1. The molecule has 0 saturated heterocycles. The van der Waals surface area contributed by atoms with E-state index in [4.69, 9.17) is 9.47 Å². The van der Waals surface area contributed by atoms with Crippen molar-refractivity contribution in [2.24, 2.45) is 0 Å². The van der Waals surface area contributed by atoms with Crippen LogP contribution in [0, 0.1) is 0 Å². The van der Waals surface area contributed by atoms with Crippen molar-refractivity contribution in [2.75, 3.05) is 24.7 Å². The van der Waals surface area contributed by atoms with Gasteiger partial charge in [-0.25, -0.2) is 8.42 Å². The third-order valence-corrected chi connectivity index (χ3v) is 4.39. The molecule has 0 aromatic heterocycles. The van der Waals surface area contributed by atoms with Gasteiger partial charge < -0.3 is 9.47 Å². The van der Waals surface area contributed by atoms with Crippen molar-refractivity contribution in [3.05, 3.63) is 60.7 Å². The quantitative estimate of drug-likeness (QED) is 0.752. The Morgan fingerprint density at radius 2 is 1.05 bits per heavy atom. The summed E-state index contributed by atoms with van der Waals surface area (Å²) in [7, 11) is -3.17. The molecule has 5 heteroatoms. The molecule has 0 amide bonds. The minimum Gasteiger partial charge on any atom is -0.493 e. The third kappa shape index (κ3) is 5.87. The van der Waals surface area contributed by atoms with Crippen molar-refractivity contribution in [1.82, 2.24) is 0 Å². The van der Waals surface area contributed by atoms with E-state index in [-0.39, 0.29) is 24.7 Å². The lowest BCUT2D eigenvalue weighted by atomic mass is 10.3. The van der Waals surface area contributed by atoms with Crippen LogP contribution < -0.4 is 9.47 Å². The number of hydrogen-bond donors (Lipinski definition) is 0. The van der Waals surface area contributed by atoms with E-state index in [1.165, 1.54) is 0 Å². The molecule has 0 aliphatic rings. The number of hydrogen-bond acceptors (Lipinski definition) is 4. The second-order valence-electron chi connectivity index (χ2n) is 4.47. The van der Waals surface area contributed by atoms with Gasteiger partial charge in [0.2, 0.25) is 0 Å². The van der Waals surface area contributed by atoms with Crippen LogP contribution in [0.5, 0.6) is 11.5 Å². The van der Waals surface area contributed by atoms with Crippen molar-refractivity contribution < 1.29 is 17.9 Å². The van der Waals surface area contributed by atoms with Gasteiger partial charge in [-0.2, -0.15) is 0 Å². The van der Waals surface area contributed by atoms with Gasteiger partial charge in [0, 0.05) is 0 Å². The summed E-state index contributed by atoms with van der Waals surface area (Å²) in [6.07, 6.45) is 0. The summed E-state index contributed by atoms with van der Waals surface area (Å²) in [6.45, 7) is 0.301. The molecule has 0 saturated carbocycles. The van der Waals surface area contributed by atoms with Crippen LogP contribution in [0.2, 0.25) is 0 Å². The molecule has 0 aliphatic heterocycles. The Bertz CT molecular complexity index is 572. The molecule has 4 nitrogen and oxygen atoms in total. The predicted octanol–water partition coefficient (Wildman–Crippen LogP) is 2.56. The lowest BCUT2D eigenvalue weighted by molar-refractivity contribution is 0.333. The fourth-order valence-corrected chi connectivity index (χ4v) is 2.59. The highest BCUT2D eigenvalue weighted by Gasteiger charge is 2.11. The highest BCUT2D eigenvalue weighted by Crippen LogP contribution is 2.09. The number of benzene rings is 2. The van der Waals surface area contributed by atoms with Crippen molar-refractivity contribution in [1.29, 1.82) is 0 Å². The van der Waals surface area contributed by atoms with Crippen LogP contribution in [0.15, 0.2) is 60.7 Å². The molecular formula is C16H18O4S. The van der Waals surface area contributed by atoms with Gasteiger partial charge in [-0.15, -0.1) is 0 Å². The smallest absolute Gasteiger partial charge is 0.156 e. The van der Waals surface area contributed by atoms with Crippen LogP contribution in [0.4, 0.5) is 0 Å². The van der Waals surface area contributed by atoms with Crippen LogP contribution in [0.1, 0.15) is 0 Å². The summed E-state index contributed by atoms with van der Waals surface area (Å²) in [4.78, 5) is 0. The molecule has 21 heavy (non-hydrogen) atoms. The number of ether oxygens (including phenoxy) is 2. The molecule has 0 heterocycles. The van der Waals surface area contributed by atoms with Crippen LogP contribution in [-0.4, -0.2) is 33.1 Å². The van der Waals surface area contributed by atoms with Gasteiger partial charge in [0.05, 0.1) is 11.5 Å². The summed E-state index contributed by atoms with van der Waals surface area (Å²) in [5.41, 5.74) is 0. The zero-order valence-corrected chi connectivity index (χ0v) is 12.5. The lowest BCUT2D eigenvalue weighted by Gasteiger charge is -2.08. The highest BCUT2D eigenvalue weighted by molar-refractivity contribution is 7.91. The Balaban J connectivity index is 1.70. The molecule has 0 unspecified atom stereocenters. The maximum Gasteiger partial charge on any atom is 0.156 e. The molecule has 112 valence electrons. The maximum absolute atomic E-state index is 11.9. The van der Waals surface area contributed by atoms with Crippen molar-refractivity contribution in [3.63, 3.8) is 0 Å². The molecule has 0 aliphatic carbocycles. The van der Waals surface area contributed by atoms with Gasteiger partial charge in [-0.3, -0.25) is 0 Å². The minimum absolute atomic E-state index is 0.0138. The van der Waals surface area contributed by atoms with E-state index in [0.717, 1.165) is 0 Å². The summed E-state index contributed by atoms with van der Waals surface area (Å²) in [6, 6.07) is 18.3. The van der Waals surface area contributed by atoms with Crippen molar-refractivity contribution in [2.45, 2.75) is 0 Å². The lowest BCUT2D eigenvalue weighted by Crippen LogP contribution is -2.21. The Morgan fingerprint density at radius 3 is 1.43 bits per heavy atom. The van der Waals surface area contributed by atoms with Gasteiger partial charge in [-0.1, -0.05) is 36.4 Å². The Labute approximate surface area is 125 Å². The minimum atomic E-state index is -3.17. The Hall–Kier alpha value is -2.01. The maximum atomic E-state index is 11.9. The van der Waals surface area contributed by atoms with Crippen LogP contribution in [0.25, 0.3) is 0 Å². The average molecular weight is 306 g/mol. The first kappa shape index (κ1) is 15.4. The largest absolute Gasteiger partial charge is 0.493 e. The van der Waals surface area contributed by atoms with Crippen LogP contribution in [-0.2, 0) is 9.84 Å². The van der Waals surface area contributed by atoms with Gasteiger partial charge in [0.15, 0.2) is 9.84 Å². The van der Waals surface area contributed by atoms with Crippen LogP contribution >= 0.6 is 0 Å². The first-order valence-corrected chi connectivity index (χ1v) is 8.54. The average Bonchev–Trinajstić information content (AvgIpc) is 2.49. The van der Waals surface area contributed by atoms with E-state index >= 15 is 0 Å². The Kier molecular flexibility index (Phi) is 5.63. The topological polar surface area (TPSA) is 52.6 Å². The summed E-state index contributed by atoms with van der Waals surface area (Å²) in [5.74, 6) is 1.32. The van der Waals surface area contributed by atoms with Gasteiger partial charge in [0.25, 0.3) is 0 Å². The molecule has 0 N–H and O–H groups in total. The van der Waals surface area contributed by atoms with E-state index in [0.29, 0.717) is 11.5 Å². The summed E-state index contributed by atoms with van der Waals surface area (Å²) >= 11 is 0. The predicted molar refractivity (Wildman–Crippen MR) is 82.5 cm³/mol. The molecule has 2 aromatic rings. The van der Waals surface area contributed by atoms with Crippen LogP contribution in [0.3, 0.4) is 0 Å². The summed E-state index contributed by atoms with van der Waals surface area (Å²) < 4.78 is 34.5. The normalized spacial score (nSPS) is 11.0. The SMILES string of the molecule is O=S(=O)(CCOc1ccccc1)CCOc1ccccc1. The second kappa shape index (κ2) is 7.69. The van der Waals surface area contributed by atoms with E-state index in [9.17, 15) is 8.42 Å². The highest BCUT2D eigenvalue weighted by atomic mass is 32.2. The zero-order chi connectivity index (χ0) is 15.0. The standard InChI is InChI=1S/C16H18O4S/c17-21(18,13-11-19-15-7-3-1-4-8-15)14-12-20-16-9-5-2-6-10-16/h1-10H,11-14H2. The van der Waals surface area contributed by atoms with Gasteiger partial charge in [0.1, 0.15) is 24.7 Å². The van der Waals surface area contributed by atoms with Crippen molar-refractivity contribution >= 4 is 9.84 Å². The molecule has 2 aromatic carbocycles. The fraction of sp³-hybridized carbons (Fsp3) is 0.250. The first-order chi connectivity index (χ1) is 10.2. The van der Waals surface area contributed by atoms with E-state index in [1.807, 2.05) is 36.4 Å². The molecule has 2 rings (SSSR count). The number of para-hydroxylation sites is 2. The monoisotopic (exact) mass is 306 g/mol. The Morgan fingerprint density at radius 1 is 0.667 bits per heavy atom. The van der Waals surface area contributed by atoms with E-state index in [1.54, 1.807) is 24.3 Å². The second-order valence-corrected chi connectivity index (χ2v) is 6.78. The van der Waals surface area contributed by atoms with E-state index in [2.05, 4.69) is 0 Å². The third-order valence-electron chi connectivity index (χ3n) is 2.81. The number of rotatable bonds is 8. The van der Waals surface area contributed by atoms with Crippen molar-refractivity contribution in [3.8, 4) is 11.5 Å². The molecule has 0 spiro atoms. The fourth-order valence-electron chi connectivity index (χ4n) is 1.71. The molecule has 0 fully saturated rings. The molecule has 0 atom stereocenters. The zero-order valence-electron chi connectivity index (χ0n) is 11.6. The van der Waals surface area contributed by atoms with Gasteiger partial charge >= 0.3 is 0 Å².